The summed E-state index contributed by atoms with van der Waals surface area (Å²) >= 11 is 0. The van der Waals surface area contributed by atoms with Gasteiger partial charge in [-0.05, 0) is 28.0 Å². The van der Waals surface area contributed by atoms with Crippen molar-refractivity contribution in [2.24, 2.45) is 0 Å². The molecule has 1 aromatic carbocycles. The van der Waals surface area contributed by atoms with Gasteiger partial charge in [0.15, 0.2) is 0 Å². The number of carbonyl (C=O) groups excluding carboxylic acids is 1. The molecule has 0 aromatic heterocycles. The first-order valence-corrected chi connectivity index (χ1v) is 6.58. The molecule has 1 rings (SSSR count). The molecular formula is C16H25NO2. The van der Waals surface area contributed by atoms with Crippen molar-refractivity contribution >= 4 is 11.6 Å². The molecule has 0 aliphatic heterocycles. The number of carbonyl (C=O) groups is 1. The number of benzene rings is 1. The Morgan fingerprint density at radius 2 is 1.58 bits per heavy atom. The second-order valence-corrected chi connectivity index (χ2v) is 7.10. The van der Waals surface area contributed by atoms with Gasteiger partial charge in [-0.1, -0.05) is 47.6 Å². The Labute approximate surface area is 116 Å². The maximum absolute atomic E-state index is 11.3. The molecule has 0 heterocycles. The fraction of sp³-hybridized carbons (Fsp3) is 0.562. The molecule has 0 unspecified atom stereocenters. The second kappa shape index (κ2) is 4.87. The van der Waals surface area contributed by atoms with Gasteiger partial charge < -0.3 is 10.4 Å². The number of hydrogen-bond donors (Lipinski definition) is 2. The lowest BCUT2D eigenvalue weighted by molar-refractivity contribution is -0.114. The average molecular weight is 263 g/mol. The molecule has 0 bridgehead atoms. The molecule has 0 saturated heterocycles. The van der Waals surface area contributed by atoms with E-state index >= 15 is 0 Å². The third-order valence-corrected chi connectivity index (χ3v) is 3.09. The Morgan fingerprint density at radius 3 is 1.95 bits per heavy atom. The smallest absolute Gasteiger partial charge is 0.221 e. The summed E-state index contributed by atoms with van der Waals surface area (Å²) in [7, 11) is 0. The highest BCUT2D eigenvalue weighted by Crippen LogP contribution is 2.39. The third-order valence-electron chi connectivity index (χ3n) is 3.09. The van der Waals surface area contributed by atoms with Gasteiger partial charge in [-0.3, -0.25) is 4.79 Å². The largest absolute Gasteiger partial charge is 0.506 e. The van der Waals surface area contributed by atoms with E-state index in [-0.39, 0.29) is 22.5 Å². The maximum Gasteiger partial charge on any atom is 0.221 e. The van der Waals surface area contributed by atoms with Crippen LogP contribution in [0.1, 0.15) is 59.6 Å². The molecule has 0 spiro atoms. The van der Waals surface area contributed by atoms with Gasteiger partial charge in [-0.25, -0.2) is 0 Å². The maximum atomic E-state index is 11.3. The van der Waals surface area contributed by atoms with Gasteiger partial charge in [-0.15, -0.1) is 0 Å². The monoisotopic (exact) mass is 263 g/mol. The Bertz CT molecular complexity index is 491. The number of hydrogen-bond acceptors (Lipinski definition) is 2. The normalized spacial score (nSPS) is 12.4. The van der Waals surface area contributed by atoms with Gasteiger partial charge in [0.1, 0.15) is 5.75 Å². The van der Waals surface area contributed by atoms with E-state index in [1.54, 1.807) is 6.07 Å². The number of amides is 1. The molecule has 0 aliphatic carbocycles. The van der Waals surface area contributed by atoms with E-state index in [0.29, 0.717) is 5.69 Å². The van der Waals surface area contributed by atoms with E-state index in [1.807, 2.05) is 0 Å². The van der Waals surface area contributed by atoms with Gasteiger partial charge >= 0.3 is 0 Å². The quantitative estimate of drug-likeness (QED) is 0.754. The van der Waals surface area contributed by atoms with Crippen molar-refractivity contribution in [3.05, 3.63) is 23.3 Å². The minimum atomic E-state index is -0.177. The Kier molecular flexibility index (Phi) is 3.99. The van der Waals surface area contributed by atoms with E-state index in [4.69, 9.17) is 0 Å². The first kappa shape index (κ1) is 15.5. The van der Waals surface area contributed by atoms with Crippen LogP contribution in [-0.4, -0.2) is 11.0 Å². The van der Waals surface area contributed by atoms with Crippen molar-refractivity contribution in [1.82, 2.24) is 0 Å². The first-order chi connectivity index (χ1) is 8.43. The first-order valence-electron chi connectivity index (χ1n) is 6.58. The van der Waals surface area contributed by atoms with E-state index in [9.17, 15) is 9.90 Å². The van der Waals surface area contributed by atoms with E-state index in [1.165, 1.54) is 6.92 Å². The van der Waals surface area contributed by atoms with Crippen molar-refractivity contribution in [2.45, 2.75) is 59.3 Å². The lowest BCUT2D eigenvalue weighted by Gasteiger charge is -2.28. The molecule has 1 amide bonds. The number of anilines is 1. The molecule has 0 radical (unpaired) electrons. The molecule has 3 heteroatoms. The summed E-state index contributed by atoms with van der Waals surface area (Å²) < 4.78 is 0. The molecule has 19 heavy (non-hydrogen) atoms. The molecule has 106 valence electrons. The summed E-state index contributed by atoms with van der Waals surface area (Å²) in [5, 5.41) is 13.0. The SMILES string of the molecule is CC(=O)Nc1c(O)cc(C(C)(C)C)cc1C(C)(C)C. The summed E-state index contributed by atoms with van der Waals surface area (Å²) in [4.78, 5) is 11.3. The molecule has 3 nitrogen and oxygen atoms in total. The van der Waals surface area contributed by atoms with Crippen LogP contribution in [-0.2, 0) is 15.6 Å². The van der Waals surface area contributed by atoms with E-state index < -0.39 is 0 Å². The van der Waals surface area contributed by atoms with Crippen molar-refractivity contribution in [3.63, 3.8) is 0 Å². The highest BCUT2D eigenvalue weighted by Gasteiger charge is 2.25. The molecule has 1 aromatic rings. The minimum absolute atomic E-state index is 0.0494. The van der Waals surface area contributed by atoms with Gasteiger partial charge in [0.25, 0.3) is 0 Å². The Balaban J connectivity index is 3.52. The summed E-state index contributed by atoms with van der Waals surface area (Å²) in [5.41, 5.74) is 2.33. The van der Waals surface area contributed by atoms with Crippen molar-refractivity contribution in [2.75, 3.05) is 5.32 Å². The highest BCUT2D eigenvalue weighted by atomic mass is 16.3. The standard InChI is InChI=1S/C16H25NO2/c1-10(18)17-14-12(16(5,6)7)8-11(9-13(14)19)15(2,3)4/h8-9,19H,1-7H3,(H,17,18). The van der Waals surface area contributed by atoms with Crippen LogP contribution in [0.4, 0.5) is 5.69 Å². The van der Waals surface area contributed by atoms with Crippen molar-refractivity contribution < 1.29 is 9.90 Å². The minimum Gasteiger partial charge on any atom is -0.506 e. The predicted molar refractivity (Wildman–Crippen MR) is 79.8 cm³/mol. The van der Waals surface area contributed by atoms with Crippen LogP contribution >= 0.6 is 0 Å². The molecule has 2 N–H and O–H groups in total. The van der Waals surface area contributed by atoms with Crippen molar-refractivity contribution in [3.8, 4) is 5.75 Å². The number of rotatable bonds is 1. The summed E-state index contributed by atoms with van der Waals surface area (Å²) in [5.74, 6) is -0.0446. The Hall–Kier alpha value is -1.51. The molecule has 0 aliphatic rings. The fourth-order valence-electron chi connectivity index (χ4n) is 1.96. The van der Waals surface area contributed by atoms with Gasteiger partial charge in [-0.2, -0.15) is 0 Å². The van der Waals surface area contributed by atoms with Gasteiger partial charge in [0.2, 0.25) is 5.91 Å². The summed E-state index contributed by atoms with van der Waals surface area (Å²) in [6.45, 7) is 14.0. The zero-order valence-corrected chi connectivity index (χ0v) is 13.0. The number of phenolic OH excluding ortho intramolecular Hbond substituents is 1. The van der Waals surface area contributed by atoms with Crippen LogP contribution < -0.4 is 5.32 Å². The van der Waals surface area contributed by atoms with Crippen LogP contribution in [0.5, 0.6) is 5.75 Å². The van der Waals surface area contributed by atoms with Gasteiger partial charge in [0.05, 0.1) is 5.69 Å². The van der Waals surface area contributed by atoms with E-state index in [2.05, 4.69) is 52.9 Å². The van der Waals surface area contributed by atoms with Crippen molar-refractivity contribution in [1.29, 1.82) is 0 Å². The van der Waals surface area contributed by atoms with Gasteiger partial charge in [0, 0.05) is 6.92 Å². The third kappa shape index (κ3) is 3.72. The zero-order valence-electron chi connectivity index (χ0n) is 13.0. The number of phenols is 1. The Morgan fingerprint density at radius 1 is 1.05 bits per heavy atom. The number of nitrogens with one attached hydrogen (secondary N) is 1. The lowest BCUT2D eigenvalue weighted by atomic mass is 9.79. The molecule has 0 fully saturated rings. The van der Waals surface area contributed by atoms with E-state index in [0.717, 1.165) is 11.1 Å². The summed E-state index contributed by atoms with van der Waals surface area (Å²) in [6, 6.07) is 3.81. The lowest BCUT2D eigenvalue weighted by Crippen LogP contribution is -2.20. The molecule has 0 atom stereocenters. The van der Waals surface area contributed by atoms with Crippen LogP contribution in [0.25, 0.3) is 0 Å². The highest BCUT2D eigenvalue weighted by molar-refractivity contribution is 5.91. The fourth-order valence-corrected chi connectivity index (χ4v) is 1.96. The van der Waals surface area contributed by atoms with Crippen LogP contribution in [0.3, 0.4) is 0 Å². The molecular weight excluding hydrogens is 238 g/mol. The average Bonchev–Trinajstić information content (AvgIpc) is 2.16. The zero-order chi connectivity index (χ0) is 15.0. The van der Waals surface area contributed by atoms with Crippen LogP contribution in [0, 0.1) is 0 Å². The van der Waals surface area contributed by atoms with Crippen LogP contribution in [0.15, 0.2) is 12.1 Å². The van der Waals surface area contributed by atoms with Crippen LogP contribution in [0.2, 0.25) is 0 Å². The molecule has 0 saturated carbocycles. The summed E-state index contributed by atoms with van der Waals surface area (Å²) in [6.07, 6.45) is 0. The number of aromatic hydroxyl groups is 1. The predicted octanol–water partition coefficient (Wildman–Crippen LogP) is 3.95. The second-order valence-electron chi connectivity index (χ2n) is 7.10. The topological polar surface area (TPSA) is 49.3 Å².